The lowest BCUT2D eigenvalue weighted by Gasteiger charge is -2.29. The zero-order valence-electron chi connectivity index (χ0n) is 11.0. The van der Waals surface area contributed by atoms with Crippen LogP contribution in [0.3, 0.4) is 0 Å². The Morgan fingerprint density at radius 3 is 2.22 bits per heavy atom. The van der Waals surface area contributed by atoms with E-state index in [1.54, 1.807) is 0 Å². The van der Waals surface area contributed by atoms with E-state index in [9.17, 15) is 0 Å². The molecule has 2 aromatic rings. The van der Waals surface area contributed by atoms with Crippen molar-refractivity contribution < 1.29 is 0 Å². The first-order chi connectivity index (χ1) is 8.71. The number of rotatable bonds is 5. The monoisotopic (exact) mass is 236 g/mol. The van der Waals surface area contributed by atoms with Gasteiger partial charge in [0.2, 0.25) is 0 Å². The molecule has 0 spiro atoms. The van der Waals surface area contributed by atoms with E-state index in [4.69, 9.17) is 0 Å². The van der Waals surface area contributed by atoms with Gasteiger partial charge in [0.05, 0.1) is 0 Å². The fourth-order valence-corrected chi connectivity index (χ4v) is 2.69. The van der Waals surface area contributed by atoms with Crippen molar-refractivity contribution in [1.82, 2.24) is 0 Å². The average molecular weight is 236 g/mol. The van der Waals surface area contributed by atoms with Gasteiger partial charge in [-0.05, 0) is 34.6 Å². The first-order valence-corrected chi connectivity index (χ1v) is 6.41. The molecule has 0 aliphatic rings. The van der Waals surface area contributed by atoms with Crippen LogP contribution < -0.4 is 0 Å². The Kier molecular flexibility index (Phi) is 3.66. The standard InChI is InChI=1S/C18H20/c1-4-13-18(3,14-5-2)17-12-8-10-15-9-6-7-11-16(15)17/h4-12H,1-2,13-14H2,3H3. The largest absolute Gasteiger partial charge is 0.103 e. The van der Waals surface area contributed by atoms with Gasteiger partial charge in [0.25, 0.3) is 0 Å². The summed E-state index contributed by atoms with van der Waals surface area (Å²) >= 11 is 0. The van der Waals surface area contributed by atoms with Crippen LogP contribution >= 0.6 is 0 Å². The Bertz CT molecular complexity index is 548. The topological polar surface area (TPSA) is 0 Å². The minimum atomic E-state index is 0.0877. The Morgan fingerprint density at radius 1 is 0.944 bits per heavy atom. The smallest absolute Gasteiger partial charge is 0.0000461 e. The maximum atomic E-state index is 3.90. The van der Waals surface area contributed by atoms with Crippen molar-refractivity contribution >= 4 is 10.8 Å². The highest BCUT2D eigenvalue weighted by molar-refractivity contribution is 5.86. The molecule has 0 amide bonds. The van der Waals surface area contributed by atoms with Crippen LogP contribution in [0, 0.1) is 0 Å². The summed E-state index contributed by atoms with van der Waals surface area (Å²) in [5, 5.41) is 2.64. The third kappa shape index (κ3) is 2.24. The van der Waals surface area contributed by atoms with Crippen LogP contribution in [0.5, 0.6) is 0 Å². The molecule has 0 aromatic heterocycles. The molecule has 2 rings (SSSR count). The van der Waals surface area contributed by atoms with Crippen molar-refractivity contribution in [2.45, 2.75) is 25.2 Å². The third-order valence-corrected chi connectivity index (χ3v) is 3.63. The van der Waals surface area contributed by atoms with Gasteiger partial charge in [-0.2, -0.15) is 0 Å². The molecular weight excluding hydrogens is 216 g/mol. The summed E-state index contributed by atoms with van der Waals surface area (Å²) in [4.78, 5) is 0. The molecule has 0 N–H and O–H groups in total. The van der Waals surface area contributed by atoms with Gasteiger partial charge in [-0.25, -0.2) is 0 Å². The summed E-state index contributed by atoms with van der Waals surface area (Å²) in [6.45, 7) is 10.1. The van der Waals surface area contributed by atoms with Gasteiger partial charge < -0.3 is 0 Å². The molecule has 0 nitrogen and oxygen atoms in total. The van der Waals surface area contributed by atoms with Gasteiger partial charge >= 0.3 is 0 Å². The average Bonchev–Trinajstić information content (AvgIpc) is 2.38. The lowest BCUT2D eigenvalue weighted by molar-refractivity contribution is 0.490. The van der Waals surface area contributed by atoms with Gasteiger partial charge in [0.15, 0.2) is 0 Å². The normalized spacial score (nSPS) is 11.4. The first kappa shape index (κ1) is 12.6. The molecule has 0 heteroatoms. The Morgan fingerprint density at radius 2 is 1.56 bits per heavy atom. The molecule has 0 radical (unpaired) electrons. The van der Waals surface area contributed by atoms with Crippen LogP contribution in [0.1, 0.15) is 25.3 Å². The summed E-state index contributed by atoms with van der Waals surface area (Å²) in [5.74, 6) is 0. The summed E-state index contributed by atoms with van der Waals surface area (Å²) in [7, 11) is 0. The van der Waals surface area contributed by atoms with E-state index in [-0.39, 0.29) is 5.41 Å². The number of hydrogen-bond donors (Lipinski definition) is 0. The van der Waals surface area contributed by atoms with Crippen molar-refractivity contribution in [2.24, 2.45) is 0 Å². The molecule has 0 aliphatic carbocycles. The molecular formula is C18H20. The van der Waals surface area contributed by atoms with Crippen LogP contribution in [-0.2, 0) is 5.41 Å². The molecule has 18 heavy (non-hydrogen) atoms. The molecule has 92 valence electrons. The van der Waals surface area contributed by atoms with Gasteiger partial charge in [-0.1, -0.05) is 61.5 Å². The SMILES string of the molecule is C=CCC(C)(CC=C)c1cccc2ccccc12. The lowest BCUT2D eigenvalue weighted by atomic mass is 9.75. The number of fused-ring (bicyclic) bond motifs is 1. The van der Waals surface area contributed by atoms with Crippen molar-refractivity contribution in [3.8, 4) is 0 Å². The first-order valence-electron chi connectivity index (χ1n) is 6.41. The highest BCUT2D eigenvalue weighted by atomic mass is 14.3. The Balaban J connectivity index is 2.63. The highest BCUT2D eigenvalue weighted by Gasteiger charge is 2.25. The summed E-state index contributed by atoms with van der Waals surface area (Å²) < 4.78 is 0. The summed E-state index contributed by atoms with van der Waals surface area (Å²) in [6, 6.07) is 15.1. The van der Waals surface area contributed by atoms with E-state index in [0.717, 1.165) is 12.8 Å². The second-order valence-corrected chi connectivity index (χ2v) is 5.07. The molecule has 0 saturated heterocycles. The van der Waals surface area contributed by atoms with E-state index < -0.39 is 0 Å². The quantitative estimate of drug-likeness (QED) is 0.622. The lowest BCUT2D eigenvalue weighted by Crippen LogP contribution is -2.20. The van der Waals surface area contributed by atoms with Gasteiger partial charge in [0.1, 0.15) is 0 Å². The maximum Gasteiger partial charge on any atom is -0.0000461 e. The number of hydrogen-bond acceptors (Lipinski definition) is 0. The van der Waals surface area contributed by atoms with Crippen molar-refractivity contribution in [1.29, 1.82) is 0 Å². The van der Waals surface area contributed by atoms with Gasteiger partial charge in [-0.15, -0.1) is 13.2 Å². The molecule has 0 fully saturated rings. The minimum absolute atomic E-state index is 0.0877. The molecule has 0 unspecified atom stereocenters. The van der Waals surface area contributed by atoms with Crippen molar-refractivity contribution in [2.75, 3.05) is 0 Å². The summed E-state index contributed by atoms with van der Waals surface area (Å²) in [5.41, 5.74) is 1.48. The predicted octanol–water partition coefficient (Wildman–Crippen LogP) is 5.25. The van der Waals surface area contributed by atoms with E-state index >= 15 is 0 Å². The van der Waals surface area contributed by atoms with Crippen LogP contribution in [-0.4, -0.2) is 0 Å². The van der Waals surface area contributed by atoms with E-state index in [2.05, 4.69) is 62.5 Å². The number of benzene rings is 2. The van der Waals surface area contributed by atoms with Gasteiger partial charge in [0, 0.05) is 0 Å². The zero-order chi connectivity index (χ0) is 13.0. The fraction of sp³-hybridized carbons (Fsp3) is 0.222. The maximum absolute atomic E-state index is 3.90. The van der Waals surface area contributed by atoms with Crippen molar-refractivity contribution in [3.05, 3.63) is 73.3 Å². The van der Waals surface area contributed by atoms with Crippen LogP contribution in [0.25, 0.3) is 10.8 Å². The second kappa shape index (κ2) is 5.22. The zero-order valence-corrected chi connectivity index (χ0v) is 11.0. The molecule has 0 saturated carbocycles. The predicted molar refractivity (Wildman–Crippen MR) is 80.9 cm³/mol. The Hall–Kier alpha value is -1.82. The molecule has 0 atom stereocenters. The van der Waals surface area contributed by atoms with E-state index in [0.29, 0.717) is 0 Å². The second-order valence-electron chi connectivity index (χ2n) is 5.07. The Labute approximate surface area is 110 Å². The van der Waals surface area contributed by atoms with Crippen LogP contribution in [0.4, 0.5) is 0 Å². The summed E-state index contributed by atoms with van der Waals surface area (Å²) in [6.07, 6.45) is 5.94. The molecule has 0 bridgehead atoms. The van der Waals surface area contributed by atoms with Crippen LogP contribution in [0.2, 0.25) is 0 Å². The molecule has 0 aliphatic heterocycles. The molecule has 2 aromatic carbocycles. The van der Waals surface area contributed by atoms with E-state index in [1.807, 2.05) is 12.2 Å². The molecule has 0 heterocycles. The highest BCUT2D eigenvalue weighted by Crippen LogP contribution is 2.36. The van der Waals surface area contributed by atoms with Crippen molar-refractivity contribution in [3.63, 3.8) is 0 Å². The van der Waals surface area contributed by atoms with E-state index in [1.165, 1.54) is 16.3 Å². The van der Waals surface area contributed by atoms with Crippen LogP contribution in [0.15, 0.2) is 67.8 Å². The fourth-order valence-electron chi connectivity index (χ4n) is 2.69. The third-order valence-electron chi connectivity index (χ3n) is 3.63. The number of allylic oxidation sites excluding steroid dienone is 2. The minimum Gasteiger partial charge on any atom is -0.103 e. The van der Waals surface area contributed by atoms with Gasteiger partial charge in [-0.3, -0.25) is 0 Å².